The molecule has 2 rings (SSSR count). The molecule has 0 spiro atoms. The molecule has 0 aliphatic heterocycles. The average molecular weight is 354 g/mol. The first-order valence-electron chi connectivity index (χ1n) is 6.27. The lowest BCUT2D eigenvalue weighted by Crippen LogP contribution is -2.06. The minimum absolute atomic E-state index is 0.0967. The third-order valence-corrected chi connectivity index (χ3v) is 4.00. The first kappa shape index (κ1) is 16.7. The molecule has 2 aromatic rings. The maximum absolute atomic E-state index is 9.77. The van der Waals surface area contributed by atoms with E-state index in [0.717, 1.165) is 5.56 Å². The van der Waals surface area contributed by atoms with Gasteiger partial charge in [-0.1, -0.05) is 65.3 Å². The van der Waals surface area contributed by atoms with E-state index in [1.54, 1.807) is 0 Å². The summed E-state index contributed by atoms with van der Waals surface area (Å²) in [5.74, 6) is 0.612. The molecule has 0 aliphatic carbocycles. The van der Waals surface area contributed by atoms with Gasteiger partial charge in [-0.3, -0.25) is 0 Å². The lowest BCUT2D eigenvalue weighted by atomic mass is 10.2. The summed E-state index contributed by atoms with van der Waals surface area (Å²) >= 11 is 13.1. The summed E-state index contributed by atoms with van der Waals surface area (Å²) in [6, 6.07) is 12.9. The fraction of sp³-hybridized carbons (Fsp3) is 0.0667. The quantitative estimate of drug-likeness (QED) is 0.489. The van der Waals surface area contributed by atoms with Crippen molar-refractivity contribution in [3.05, 3.63) is 63.6 Å². The molecule has 114 valence electrons. The number of phenols is 1. The van der Waals surface area contributed by atoms with Crippen molar-refractivity contribution < 1.29 is 5.11 Å². The van der Waals surface area contributed by atoms with E-state index in [9.17, 15) is 5.11 Å². The molecule has 4 nitrogen and oxygen atoms in total. The van der Waals surface area contributed by atoms with E-state index >= 15 is 0 Å². The van der Waals surface area contributed by atoms with Crippen LogP contribution < -0.4 is 5.73 Å². The fourth-order valence-corrected chi connectivity index (χ4v) is 2.71. The van der Waals surface area contributed by atoms with Crippen molar-refractivity contribution in [3.8, 4) is 5.75 Å². The number of rotatable bonds is 4. The van der Waals surface area contributed by atoms with E-state index in [-0.39, 0.29) is 10.8 Å². The third-order valence-electron chi connectivity index (χ3n) is 2.64. The van der Waals surface area contributed by atoms with Gasteiger partial charge in [-0.05, 0) is 17.7 Å². The van der Waals surface area contributed by atoms with Gasteiger partial charge in [0.05, 0.1) is 11.2 Å². The summed E-state index contributed by atoms with van der Waals surface area (Å²) < 4.78 is 0. The second-order valence-corrected chi connectivity index (χ2v) is 6.12. The standard InChI is InChI=1S/C15H13Cl2N3OS/c16-12-6-11(14(21)13(17)7-12)8-19-20-15(18)22-9-10-4-2-1-3-5-10/h1-8,21H,9H2,(H2,18,20). The van der Waals surface area contributed by atoms with Gasteiger partial charge < -0.3 is 10.8 Å². The van der Waals surface area contributed by atoms with E-state index in [1.165, 1.54) is 30.1 Å². The fourth-order valence-electron chi connectivity index (χ4n) is 1.59. The Morgan fingerprint density at radius 3 is 2.68 bits per heavy atom. The lowest BCUT2D eigenvalue weighted by Gasteiger charge is -2.01. The van der Waals surface area contributed by atoms with Gasteiger partial charge in [0.1, 0.15) is 5.75 Å². The molecular weight excluding hydrogens is 341 g/mol. The van der Waals surface area contributed by atoms with Gasteiger partial charge in [0.25, 0.3) is 0 Å². The van der Waals surface area contributed by atoms with Crippen LogP contribution in [0.25, 0.3) is 0 Å². The highest BCUT2D eigenvalue weighted by molar-refractivity contribution is 8.13. The Morgan fingerprint density at radius 1 is 1.23 bits per heavy atom. The summed E-state index contributed by atoms with van der Waals surface area (Å²) in [6.07, 6.45) is 1.35. The normalized spacial score (nSPS) is 12.0. The number of hydrogen-bond acceptors (Lipinski definition) is 4. The molecule has 0 saturated heterocycles. The Hall–Kier alpha value is -1.69. The van der Waals surface area contributed by atoms with E-state index in [2.05, 4.69) is 10.2 Å². The number of nitrogens with two attached hydrogens (primary N) is 1. The third kappa shape index (κ3) is 4.94. The Bertz CT molecular complexity index is 705. The minimum atomic E-state index is -0.0967. The highest BCUT2D eigenvalue weighted by atomic mass is 35.5. The summed E-state index contributed by atoms with van der Waals surface area (Å²) in [7, 11) is 0. The molecule has 7 heteroatoms. The molecule has 0 bridgehead atoms. The molecular formula is C15H13Cl2N3OS. The predicted molar refractivity (Wildman–Crippen MR) is 95.1 cm³/mol. The van der Waals surface area contributed by atoms with Crippen LogP contribution in [-0.2, 0) is 5.75 Å². The zero-order valence-electron chi connectivity index (χ0n) is 11.4. The highest BCUT2D eigenvalue weighted by Gasteiger charge is 2.05. The number of aromatic hydroxyl groups is 1. The molecule has 0 aliphatic rings. The zero-order valence-corrected chi connectivity index (χ0v) is 13.7. The minimum Gasteiger partial charge on any atom is -0.506 e. The molecule has 0 radical (unpaired) electrons. The van der Waals surface area contributed by atoms with Crippen molar-refractivity contribution in [2.24, 2.45) is 15.9 Å². The molecule has 2 aromatic carbocycles. The molecule has 3 N–H and O–H groups in total. The number of phenolic OH excluding ortho intramolecular Hbond substituents is 1. The van der Waals surface area contributed by atoms with E-state index < -0.39 is 0 Å². The number of halogens is 2. The molecule has 0 atom stereocenters. The van der Waals surface area contributed by atoms with Crippen molar-refractivity contribution in [2.75, 3.05) is 0 Å². The largest absolute Gasteiger partial charge is 0.506 e. The van der Waals surface area contributed by atoms with Crippen molar-refractivity contribution in [1.29, 1.82) is 0 Å². The van der Waals surface area contributed by atoms with Gasteiger partial charge in [0.15, 0.2) is 5.17 Å². The number of nitrogens with zero attached hydrogens (tertiary/aromatic N) is 2. The predicted octanol–water partition coefficient (Wildman–Crippen LogP) is 4.28. The Balaban J connectivity index is 1.98. The molecule has 0 unspecified atom stereocenters. The SMILES string of the molecule is NC(=NN=Cc1cc(Cl)cc(Cl)c1O)SCc1ccccc1. The number of hydrogen-bond donors (Lipinski definition) is 2. The van der Waals surface area contributed by atoms with E-state index in [0.29, 0.717) is 21.5 Å². The number of benzene rings is 2. The average Bonchev–Trinajstić information content (AvgIpc) is 2.51. The summed E-state index contributed by atoms with van der Waals surface area (Å²) in [5, 5.41) is 18.4. The van der Waals surface area contributed by atoms with Crippen molar-refractivity contribution in [3.63, 3.8) is 0 Å². The van der Waals surface area contributed by atoms with E-state index in [4.69, 9.17) is 28.9 Å². The maximum atomic E-state index is 9.77. The van der Waals surface area contributed by atoms with Crippen LogP contribution in [0.2, 0.25) is 10.0 Å². The van der Waals surface area contributed by atoms with Gasteiger partial charge in [-0.15, -0.1) is 5.10 Å². The number of thioether (sulfide) groups is 1. The molecule has 0 heterocycles. The Labute approximate surface area is 142 Å². The molecule has 0 amide bonds. The van der Waals surface area contributed by atoms with Gasteiger partial charge in [-0.25, -0.2) is 0 Å². The molecule has 0 aromatic heterocycles. The van der Waals surface area contributed by atoms with Crippen LogP contribution in [0.15, 0.2) is 52.7 Å². The summed E-state index contributed by atoms with van der Waals surface area (Å²) in [6.45, 7) is 0. The van der Waals surface area contributed by atoms with Crippen molar-refractivity contribution in [2.45, 2.75) is 5.75 Å². The van der Waals surface area contributed by atoms with E-state index in [1.807, 2.05) is 30.3 Å². The lowest BCUT2D eigenvalue weighted by molar-refractivity contribution is 0.474. The highest BCUT2D eigenvalue weighted by Crippen LogP contribution is 2.30. The van der Waals surface area contributed by atoms with Gasteiger partial charge in [0, 0.05) is 16.3 Å². The second-order valence-electron chi connectivity index (χ2n) is 4.28. The summed E-state index contributed by atoms with van der Waals surface area (Å²) in [4.78, 5) is 0. The topological polar surface area (TPSA) is 71.0 Å². The first-order chi connectivity index (χ1) is 10.6. The van der Waals surface area contributed by atoms with Crippen molar-refractivity contribution in [1.82, 2.24) is 0 Å². The summed E-state index contributed by atoms with van der Waals surface area (Å²) in [5.41, 5.74) is 7.29. The molecule has 22 heavy (non-hydrogen) atoms. The molecule has 0 saturated carbocycles. The van der Waals surface area contributed by atoms with Crippen LogP contribution >= 0.6 is 35.0 Å². The zero-order chi connectivity index (χ0) is 15.9. The smallest absolute Gasteiger partial charge is 0.180 e. The Kier molecular flexibility index (Phi) is 6.12. The van der Waals surface area contributed by atoms with Crippen LogP contribution in [0, 0.1) is 0 Å². The second kappa shape index (κ2) is 8.08. The Morgan fingerprint density at radius 2 is 1.95 bits per heavy atom. The van der Waals surface area contributed by atoms with Crippen LogP contribution in [0.4, 0.5) is 0 Å². The monoisotopic (exact) mass is 353 g/mol. The van der Waals surface area contributed by atoms with Gasteiger partial charge >= 0.3 is 0 Å². The first-order valence-corrected chi connectivity index (χ1v) is 8.01. The van der Waals surface area contributed by atoms with Crippen molar-refractivity contribution >= 4 is 46.3 Å². The van der Waals surface area contributed by atoms with Crippen LogP contribution in [0.5, 0.6) is 5.75 Å². The van der Waals surface area contributed by atoms with Crippen LogP contribution in [-0.4, -0.2) is 16.5 Å². The van der Waals surface area contributed by atoms with Gasteiger partial charge in [-0.2, -0.15) is 5.10 Å². The molecule has 0 fully saturated rings. The van der Waals surface area contributed by atoms with Crippen LogP contribution in [0.1, 0.15) is 11.1 Å². The van der Waals surface area contributed by atoms with Crippen LogP contribution in [0.3, 0.4) is 0 Å². The van der Waals surface area contributed by atoms with Gasteiger partial charge in [0.2, 0.25) is 0 Å². The maximum Gasteiger partial charge on any atom is 0.180 e. The number of amidine groups is 1.